The van der Waals surface area contributed by atoms with Crippen LogP contribution in [-0.2, 0) is 4.79 Å². The second-order valence-electron chi connectivity index (χ2n) is 5.66. The normalized spacial score (nSPS) is 18.1. The van der Waals surface area contributed by atoms with Gasteiger partial charge in [0.1, 0.15) is 0 Å². The van der Waals surface area contributed by atoms with Crippen LogP contribution in [0.5, 0.6) is 0 Å². The molecule has 23 heavy (non-hydrogen) atoms. The minimum absolute atomic E-state index is 0.209. The molecule has 5 heteroatoms. The zero-order chi connectivity index (χ0) is 16.6. The lowest BCUT2D eigenvalue weighted by Crippen LogP contribution is -2.28. The lowest BCUT2D eigenvalue weighted by Gasteiger charge is -2.33. The van der Waals surface area contributed by atoms with E-state index >= 15 is 0 Å². The van der Waals surface area contributed by atoms with Crippen molar-refractivity contribution in [2.24, 2.45) is 0 Å². The monoisotopic (exact) mass is 326 g/mol. The smallest absolute Gasteiger partial charge is 0.334 e. The molecule has 0 saturated carbocycles. The highest BCUT2D eigenvalue weighted by molar-refractivity contribution is 7.10. The molecule has 0 aromatic carbocycles. The molecule has 0 fully saturated rings. The van der Waals surface area contributed by atoms with Gasteiger partial charge in [0, 0.05) is 28.4 Å². The van der Waals surface area contributed by atoms with Crippen molar-refractivity contribution >= 4 is 23.0 Å². The first-order valence-electron chi connectivity index (χ1n) is 7.36. The first kappa shape index (κ1) is 15.5. The molecule has 0 radical (unpaired) electrons. The highest BCUT2D eigenvalue weighted by atomic mass is 32.1. The minimum atomic E-state index is -0.879. The van der Waals surface area contributed by atoms with Gasteiger partial charge in [-0.1, -0.05) is 6.08 Å². The predicted octanol–water partition coefficient (Wildman–Crippen LogP) is 4.32. The molecular formula is C18H18N2O2S. The van der Waals surface area contributed by atoms with Crippen LogP contribution in [-0.4, -0.2) is 16.1 Å². The third kappa shape index (κ3) is 2.80. The lowest BCUT2D eigenvalue weighted by atomic mass is 9.90. The van der Waals surface area contributed by atoms with E-state index in [1.165, 1.54) is 0 Å². The van der Waals surface area contributed by atoms with Gasteiger partial charge < -0.3 is 10.0 Å². The first-order chi connectivity index (χ1) is 11.0. The second kappa shape index (κ2) is 6.01. The fourth-order valence-electron chi connectivity index (χ4n) is 3.02. The number of carbonyl (C=O) groups is 1. The first-order valence-corrected chi connectivity index (χ1v) is 8.24. The van der Waals surface area contributed by atoms with E-state index in [0.717, 1.165) is 27.5 Å². The van der Waals surface area contributed by atoms with Gasteiger partial charge in [0.2, 0.25) is 0 Å². The Balaban J connectivity index is 2.13. The number of carboxylic acids is 1. The summed E-state index contributed by atoms with van der Waals surface area (Å²) in [6.07, 6.45) is 5.48. The number of hydrogen-bond acceptors (Lipinski definition) is 4. The van der Waals surface area contributed by atoms with Crippen molar-refractivity contribution in [3.05, 3.63) is 69.5 Å². The second-order valence-corrected chi connectivity index (χ2v) is 6.61. The molecule has 4 nitrogen and oxygen atoms in total. The maximum absolute atomic E-state index is 11.9. The molecule has 0 aliphatic carbocycles. The molecule has 0 amide bonds. The SMILES string of the molecule is CC1=CC(c2cc(C)cs2)C(C(=O)O)=C(C)N1c1cccnc1. The van der Waals surface area contributed by atoms with Gasteiger partial charge in [-0.3, -0.25) is 4.98 Å². The highest BCUT2D eigenvalue weighted by Gasteiger charge is 2.31. The van der Waals surface area contributed by atoms with Crippen LogP contribution in [0.2, 0.25) is 0 Å². The van der Waals surface area contributed by atoms with E-state index in [2.05, 4.69) is 16.4 Å². The van der Waals surface area contributed by atoms with E-state index in [0.29, 0.717) is 5.57 Å². The highest BCUT2D eigenvalue weighted by Crippen LogP contribution is 2.40. The Hall–Kier alpha value is -2.40. The van der Waals surface area contributed by atoms with Crippen LogP contribution in [0.1, 0.15) is 30.2 Å². The number of aryl methyl sites for hydroxylation is 1. The van der Waals surface area contributed by atoms with Crippen LogP contribution in [0.25, 0.3) is 0 Å². The van der Waals surface area contributed by atoms with Gasteiger partial charge in [-0.25, -0.2) is 4.79 Å². The fraction of sp³-hybridized carbons (Fsp3) is 0.222. The molecule has 1 N–H and O–H groups in total. The van der Waals surface area contributed by atoms with Gasteiger partial charge >= 0.3 is 5.97 Å². The van der Waals surface area contributed by atoms with Crippen molar-refractivity contribution in [3.63, 3.8) is 0 Å². The zero-order valence-corrected chi connectivity index (χ0v) is 14.1. The summed E-state index contributed by atoms with van der Waals surface area (Å²) in [5.74, 6) is -1.09. The zero-order valence-electron chi connectivity index (χ0n) is 13.3. The molecular weight excluding hydrogens is 308 g/mol. The Labute approximate surface area is 139 Å². The van der Waals surface area contributed by atoms with Crippen molar-refractivity contribution in [3.8, 4) is 0 Å². The minimum Gasteiger partial charge on any atom is -0.478 e. The van der Waals surface area contributed by atoms with E-state index in [1.54, 1.807) is 23.7 Å². The molecule has 0 bridgehead atoms. The van der Waals surface area contributed by atoms with Crippen LogP contribution in [0, 0.1) is 6.92 Å². The van der Waals surface area contributed by atoms with Crippen molar-refractivity contribution in [1.29, 1.82) is 0 Å². The largest absolute Gasteiger partial charge is 0.478 e. The van der Waals surface area contributed by atoms with E-state index in [-0.39, 0.29) is 5.92 Å². The van der Waals surface area contributed by atoms with Crippen molar-refractivity contribution in [1.82, 2.24) is 4.98 Å². The molecule has 1 atom stereocenters. The maximum atomic E-state index is 11.9. The van der Waals surface area contributed by atoms with Gasteiger partial charge in [0.15, 0.2) is 0 Å². The van der Waals surface area contributed by atoms with Crippen LogP contribution >= 0.6 is 11.3 Å². The molecule has 118 valence electrons. The quantitative estimate of drug-likeness (QED) is 0.913. The van der Waals surface area contributed by atoms with Gasteiger partial charge in [-0.15, -0.1) is 11.3 Å². The Morgan fingerprint density at radius 1 is 1.35 bits per heavy atom. The van der Waals surface area contributed by atoms with Crippen LogP contribution in [0.3, 0.4) is 0 Å². The third-order valence-electron chi connectivity index (χ3n) is 3.99. The topological polar surface area (TPSA) is 53.4 Å². The summed E-state index contributed by atoms with van der Waals surface area (Å²) in [6, 6.07) is 5.85. The number of allylic oxidation sites excluding steroid dienone is 3. The fourth-order valence-corrected chi connectivity index (χ4v) is 4.00. The Bertz CT molecular complexity index is 805. The van der Waals surface area contributed by atoms with Gasteiger partial charge in [-0.05, 0) is 49.9 Å². The molecule has 2 aromatic heterocycles. The predicted molar refractivity (Wildman–Crippen MR) is 92.6 cm³/mol. The average Bonchev–Trinajstić information content (AvgIpc) is 2.93. The Morgan fingerprint density at radius 3 is 2.70 bits per heavy atom. The van der Waals surface area contributed by atoms with Crippen molar-refractivity contribution in [2.75, 3.05) is 4.90 Å². The van der Waals surface area contributed by atoms with E-state index < -0.39 is 5.97 Å². The number of pyridine rings is 1. The van der Waals surface area contributed by atoms with Gasteiger partial charge in [-0.2, -0.15) is 0 Å². The molecule has 0 saturated heterocycles. The summed E-state index contributed by atoms with van der Waals surface area (Å²) >= 11 is 1.61. The molecule has 3 heterocycles. The number of aromatic nitrogens is 1. The van der Waals surface area contributed by atoms with E-state index in [9.17, 15) is 9.90 Å². The van der Waals surface area contributed by atoms with Crippen molar-refractivity contribution in [2.45, 2.75) is 26.7 Å². The third-order valence-corrected chi connectivity index (χ3v) is 5.12. The molecule has 1 aliphatic rings. The summed E-state index contributed by atoms with van der Waals surface area (Å²) in [5, 5.41) is 11.8. The average molecular weight is 326 g/mol. The number of thiophene rings is 1. The van der Waals surface area contributed by atoms with Crippen molar-refractivity contribution < 1.29 is 9.90 Å². The Kier molecular flexibility index (Phi) is 4.05. The number of aliphatic carboxylic acids is 1. The summed E-state index contributed by atoms with van der Waals surface area (Å²) in [4.78, 5) is 19.1. The number of rotatable bonds is 3. The maximum Gasteiger partial charge on any atom is 0.334 e. The standard InChI is InChI=1S/C18H18N2O2S/c1-11-7-16(23-10-11)15-8-12(2)20(13(3)17(15)18(21)22)14-5-4-6-19-9-14/h4-10,15H,1-3H3,(H,21,22). The molecule has 1 aliphatic heterocycles. The summed E-state index contributed by atoms with van der Waals surface area (Å²) in [7, 11) is 0. The summed E-state index contributed by atoms with van der Waals surface area (Å²) in [6.45, 7) is 5.89. The van der Waals surface area contributed by atoms with Gasteiger partial charge in [0.25, 0.3) is 0 Å². The Morgan fingerprint density at radius 2 is 2.13 bits per heavy atom. The van der Waals surface area contributed by atoms with Gasteiger partial charge in [0.05, 0.1) is 17.5 Å². The number of carboxylic acid groups (broad SMARTS) is 1. The molecule has 2 aromatic rings. The van der Waals surface area contributed by atoms with Crippen LogP contribution in [0.4, 0.5) is 5.69 Å². The van der Waals surface area contributed by atoms with E-state index in [4.69, 9.17) is 0 Å². The molecule has 0 spiro atoms. The molecule has 3 rings (SSSR count). The number of anilines is 1. The lowest BCUT2D eigenvalue weighted by molar-refractivity contribution is -0.132. The summed E-state index contributed by atoms with van der Waals surface area (Å²) < 4.78 is 0. The molecule has 1 unspecified atom stereocenters. The van der Waals surface area contributed by atoms with Crippen LogP contribution in [0.15, 0.2) is 59.0 Å². The number of nitrogens with zero attached hydrogens (tertiary/aromatic N) is 2. The van der Waals surface area contributed by atoms with Crippen LogP contribution < -0.4 is 4.90 Å². The summed E-state index contributed by atoms with van der Waals surface area (Å²) in [5.41, 5.74) is 4.20. The number of hydrogen-bond donors (Lipinski definition) is 1. The van der Waals surface area contributed by atoms with E-state index in [1.807, 2.05) is 43.9 Å².